The van der Waals surface area contributed by atoms with Gasteiger partial charge in [-0.05, 0) is 63.5 Å². The standard InChI is InChI=1S/C37H44N4O6S/c1-6-39-30-19-18-26(48(45,46)47)25-28(30)37(4,5)31(39)15-12-16-32-36(2,3)27-13-9-10-14-29(27)40(32)23-11-7-8-17-33(42)38-22-24-41-34(43)20-21-35(41)44/h9-10,12-16,18-21,25H,6-8,11,17,22-24H2,1-5H3,(H-,38,42,45,46,47)/p+1. The third kappa shape index (κ3) is 6.79. The Hall–Kier alpha value is -4.35. The van der Waals surface area contributed by atoms with Gasteiger partial charge in [0.05, 0.1) is 10.3 Å². The maximum Gasteiger partial charge on any atom is 0.294 e. The Kier molecular flexibility index (Phi) is 9.94. The number of anilines is 1. The highest BCUT2D eigenvalue weighted by Crippen LogP contribution is 2.48. The molecule has 0 saturated carbocycles. The summed E-state index contributed by atoms with van der Waals surface area (Å²) in [6.07, 6.45) is 11.7. The lowest BCUT2D eigenvalue weighted by atomic mass is 9.81. The van der Waals surface area contributed by atoms with E-state index in [1.165, 1.54) is 35.2 Å². The molecule has 2 aromatic carbocycles. The second-order valence-electron chi connectivity index (χ2n) is 13.4. The summed E-state index contributed by atoms with van der Waals surface area (Å²) in [5, 5.41) is 2.80. The first-order chi connectivity index (χ1) is 22.7. The molecule has 11 heteroatoms. The quantitative estimate of drug-likeness (QED) is 0.130. The molecular weight excluding hydrogens is 628 g/mol. The predicted octanol–water partition coefficient (Wildman–Crippen LogP) is 5.17. The number of nitrogens with one attached hydrogen (secondary N) is 1. The van der Waals surface area contributed by atoms with Crippen LogP contribution in [0, 0.1) is 0 Å². The van der Waals surface area contributed by atoms with Crippen LogP contribution in [0.5, 0.6) is 0 Å². The number of unbranched alkanes of at least 4 members (excludes halogenated alkanes) is 2. The van der Waals surface area contributed by atoms with Crippen LogP contribution in [0.2, 0.25) is 0 Å². The largest absolute Gasteiger partial charge is 0.354 e. The summed E-state index contributed by atoms with van der Waals surface area (Å²) >= 11 is 0. The molecular formula is C37H45N4O6S+. The number of allylic oxidation sites excluding steroid dienone is 4. The van der Waals surface area contributed by atoms with Gasteiger partial charge >= 0.3 is 0 Å². The van der Waals surface area contributed by atoms with E-state index >= 15 is 0 Å². The molecule has 3 heterocycles. The Labute approximate surface area is 283 Å². The third-order valence-corrected chi connectivity index (χ3v) is 10.5. The highest BCUT2D eigenvalue weighted by molar-refractivity contribution is 7.85. The summed E-state index contributed by atoms with van der Waals surface area (Å²) in [4.78, 5) is 38.9. The van der Waals surface area contributed by atoms with Crippen molar-refractivity contribution in [3.05, 3.63) is 89.7 Å². The molecule has 0 fully saturated rings. The van der Waals surface area contributed by atoms with Crippen molar-refractivity contribution in [1.82, 2.24) is 10.2 Å². The van der Waals surface area contributed by atoms with Crippen LogP contribution in [-0.2, 0) is 35.3 Å². The number of amides is 3. The molecule has 2 N–H and O–H groups in total. The minimum absolute atomic E-state index is 0.0924. The molecule has 3 amide bonds. The number of rotatable bonds is 13. The number of carbonyl (C=O) groups excluding carboxylic acids is 3. The van der Waals surface area contributed by atoms with Gasteiger partial charge in [-0.2, -0.15) is 13.0 Å². The van der Waals surface area contributed by atoms with Gasteiger partial charge < -0.3 is 10.2 Å². The van der Waals surface area contributed by atoms with Crippen molar-refractivity contribution in [3.63, 3.8) is 0 Å². The van der Waals surface area contributed by atoms with E-state index in [0.29, 0.717) is 13.0 Å². The zero-order valence-corrected chi connectivity index (χ0v) is 29.1. The zero-order chi connectivity index (χ0) is 34.9. The Morgan fingerprint density at radius 2 is 1.65 bits per heavy atom. The number of imide groups is 1. The minimum Gasteiger partial charge on any atom is -0.354 e. The fourth-order valence-electron chi connectivity index (χ4n) is 7.05. The molecule has 2 aromatic rings. The molecule has 5 rings (SSSR count). The van der Waals surface area contributed by atoms with E-state index in [4.69, 9.17) is 0 Å². The van der Waals surface area contributed by atoms with Crippen molar-refractivity contribution in [2.45, 2.75) is 76.0 Å². The lowest BCUT2D eigenvalue weighted by molar-refractivity contribution is -0.438. The maximum absolute atomic E-state index is 12.4. The van der Waals surface area contributed by atoms with Crippen molar-refractivity contribution in [2.24, 2.45) is 0 Å². The van der Waals surface area contributed by atoms with Crippen LogP contribution in [0.3, 0.4) is 0 Å². The van der Waals surface area contributed by atoms with E-state index in [1.807, 2.05) is 0 Å². The Morgan fingerprint density at radius 3 is 2.33 bits per heavy atom. The van der Waals surface area contributed by atoms with Gasteiger partial charge in [-0.3, -0.25) is 23.8 Å². The molecule has 0 saturated heterocycles. The van der Waals surface area contributed by atoms with Gasteiger partial charge in [0, 0.05) is 79.1 Å². The Morgan fingerprint density at radius 1 is 0.938 bits per heavy atom. The highest BCUT2D eigenvalue weighted by atomic mass is 32.2. The van der Waals surface area contributed by atoms with E-state index < -0.39 is 15.5 Å². The molecule has 0 bridgehead atoms. The summed E-state index contributed by atoms with van der Waals surface area (Å²) in [5.41, 5.74) is 5.70. The molecule has 0 aromatic heterocycles. The third-order valence-electron chi connectivity index (χ3n) is 9.63. The zero-order valence-electron chi connectivity index (χ0n) is 28.3. The van der Waals surface area contributed by atoms with Crippen LogP contribution in [-0.4, -0.2) is 72.1 Å². The van der Waals surface area contributed by atoms with Gasteiger partial charge in [-0.1, -0.05) is 38.1 Å². The van der Waals surface area contributed by atoms with Gasteiger partial charge in [0.1, 0.15) is 6.54 Å². The normalized spacial score (nSPS) is 18.8. The number of carbonyl (C=O) groups is 3. The van der Waals surface area contributed by atoms with Crippen LogP contribution in [0.1, 0.15) is 71.4 Å². The number of para-hydroxylation sites is 1. The predicted molar refractivity (Wildman–Crippen MR) is 186 cm³/mol. The first kappa shape index (κ1) is 35.0. The number of hydrogen-bond donors (Lipinski definition) is 2. The lowest BCUT2D eigenvalue weighted by Crippen LogP contribution is -2.38. The smallest absolute Gasteiger partial charge is 0.294 e. The Balaban J connectivity index is 1.27. The molecule has 254 valence electrons. The average molecular weight is 674 g/mol. The van der Waals surface area contributed by atoms with Crippen LogP contribution in [0.15, 0.2) is 83.4 Å². The second kappa shape index (κ2) is 13.6. The average Bonchev–Trinajstić information content (AvgIpc) is 3.55. The fraction of sp³-hybridized carbons (Fsp3) is 0.405. The van der Waals surface area contributed by atoms with Crippen LogP contribution in [0.4, 0.5) is 11.4 Å². The summed E-state index contributed by atoms with van der Waals surface area (Å²) in [6.45, 7) is 12.6. The molecule has 0 spiro atoms. The van der Waals surface area contributed by atoms with E-state index in [2.05, 4.69) is 91.9 Å². The molecule has 0 atom stereocenters. The number of likely N-dealkylation sites (N-methyl/N-ethyl adjacent to an activating group) is 1. The lowest BCUT2D eigenvalue weighted by Gasteiger charge is -2.25. The molecule has 3 aliphatic rings. The summed E-state index contributed by atoms with van der Waals surface area (Å²) in [6, 6.07) is 13.2. The maximum atomic E-state index is 12.4. The Bertz CT molecular complexity index is 1850. The van der Waals surface area contributed by atoms with Gasteiger partial charge in [-0.15, -0.1) is 0 Å². The molecule has 3 aliphatic heterocycles. The van der Waals surface area contributed by atoms with E-state index in [9.17, 15) is 27.4 Å². The van der Waals surface area contributed by atoms with Gasteiger partial charge in [0.25, 0.3) is 21.9 Å². The molecule has 48 heavy (non-hydrogen) atoms. The first-order valence-corrected chi connectivity index (χ1v) is 17.9. The highest BCUT2D eigenvalue weighted by Gasteiger charge is 2.44. The summed E-state index contributed by atoms with van der Waals surface area (Å²) in [7, 11) is -4.32. The van der Waals surface area contributed by atoms with Crippen LogP contribution >= 0.6 is 0 Å². The van der Waals surface area contributed by atoms with Crippen LogP contribution < -0.4 is 10.2 Å². The van der Waals surface area contributed by atoms with Crippen molar-refractivity contribution in [3.8, 4) is 0 Å². The monoisotopic (exact) mass is 673 g/mol. The summed E-state index contributed by atoms with van der Waals surface area (Å²) in [5.74, 6) is -0.794. The minimum atomic E-state index is -4.32. The van der Waals surface area contributed by atoms with Gasteiger partial charge in [0.15, 0.2) is 5.71 Å². The second-order valence-corrected chi connectivity index (χ2v) is 14.9. The molecule has 10 nitrogen and oxygen atoms in total. The van der Waals surface area contributed by atoms with Crippen LogP contribution in [0.25, 0.3) is 0 Å². The van der Waals surface area contributed by atoms with Gasteiger partial charge in [0.2, 0.25) is 11.6 Å². The molecule has 0 aliphatic carbocycles. The first-order valence-electron chi connectivity index (χ1n) is 16.5. The van der Waals surface area contributed by atoms with E-state index in [1.54, 1.807) is 12.1 Å². The van der Waals surface area contributed by atoms with Crippen molar-refractivity contribution >= 4 is 44.9 Å². The molecule has 0 unspecified atom stereocenters. The van der Waals surface area contributed by atoms with Gasteiger partial charge in [-0.25, -0.2) is 0 Å². The number of fused-ring (bicyclic) bond motifs is 2. The summed E-state index contributed by atoms with van der Waals surface area (Å²) < 4.78 is 35.8. The fourth-order valence-corrected chi connectivity index (χ4v) is 7.55. The number of nitrogens with zero attached hydrogens (tertiary/aromatic N) is 3. The SMILES string of the molecule is CCN1/C(=C/C=C/C2=[N+](CCCCCC(=O)NCCN3C(=O)C=CC3=O)c3ccccc3C2(C)C)C(C)(C)c2cc(S(=O)(=O)O)ccc21. The van der Waals surface area contributed by atoms with E-state index in [-0.39, 0.29) is 41.1 Å². The molecule has 0 radical (unpaired) electrons. The number of benzene rings is 2. The van der Waals surface area contributed by atoms with Crippen molar-refractivity contribution in [1.29, 1.82) is 0 Å². The van der Waals surface area contributed by atoms with Crippen molar-refractivity contribution < 1.29 is 31.9 Å². The van der Waals surface area contributed by atoms with E-state index in [0.717, 1.165) is 47.7 Å². The van der Waals surface area contributed by atoms with Crippen molar-refractivity contribution in [2.75, 3.05) is 31.1 Å². The number of hydrogen-bond acceptors (Lipinski definition) is 6. The topological polar surface area (TPSA) is 127 Å².